The molecule has 0 saturated carbocycles. The fourth-order valence-corrected chi connectivity index (χ4v) is 1.54. The van der Waals surface area contributed by atoms with Crippen molar-refractivity contribution < 1.29 is 132 Å². The van der Waals surface area contributed by atoms with Crippen LogP contribution in [-0.2, 0) is 14.9 Å². The number of carboxylic acid groups (broad SMARTS) is 2. The van der Waals surface area contributed by atoms with Crippen LogP contribution in [0, 0.1) is 0 Å². The van der Waals surface area contributed by atoms with Crippen molar-refractivity contribution >= 4 is 18.2 Å². The molecule has 24 heavy (non-hydrogen) atoms. The van der Waals surface area contributed by atoms with E-state index < -0.39 is 6.16 Å². The quantitative estimate of drug-likeness (QED) is 0.292. The molecule has 0 spiro atoms. The first-order valence-electron chi connectivity index (χ1n) is 6.44. The van der Waals surface area contributed by atoms with Crippen LogP contribution in [0.25, 0.3) is 6.08 Å². The van der Waals surface area contributed by atoms with E-state index in [2.05, 4.69) is 25.5 Å². The number of methoxy groups -OCH3 is 2. The monoisotopic (exact) mass is 386 g/mol. The Morgan fingerprint density at radius 3 is 1.96 bits per heavy atom. The maximum Gasteiger partial charge on any atom is 1.00 e. The predicted molar refractivity (Wildman–Crippen MR) is 78.1 cm³/mol. The standard InChI is InChI=1S/C15H20O3.CH2O3.2K/c1-15(2,3)12-8-6-11(13(10-12)17-4)7-9-14(16)18-5;2-1(3)4;;/h6-10H,1-5H3;(H2,2,3,4);;/q;;2*+1/p-2. The number of esters is 1. The molecule has 0 bridgehead atoms. The SMILES string of the molecule is COC(=O)C=Cc1ccc(C(C)(C)C)cc1OC.O=C([O-])[O-].[K+].[K+]. The second kappa shape index (κ2) is 14.9. The van der Waals surface area contributed by atoms with E-state index in [4.69, 9.17) is 19.7 Å². The summed E-state index contributed by atoms with van der Waals surface area (Å²) in [5, 5.41) is 16.7. The molecular weight excluding hydrogens is 366 g/mol. The Labute approximate surface area is 227 Å². The van der Waals surface area contributed by atoms with Gasteiger partial charge in [0.15, 0.2) is 0 Å². The van der Waals surface area contributed by atoms with Crippen LogP contribution in [0.15, 0.2) is 24.3 Å². The Bertz CT molecular complexity index is 546. The van der Waals surface area contributed by atoms with Crippen molar-refractivity contribution in [1.29, 1.82) is 0 Å². The number of benzene rings is 1. The van der Waals surface area contributed by atoms with Gasteiger partial charge in [-0.15, -0.1) is 0 Å². The Hall–Kier alpha value is 0.773. The molecular formula is C16H20K2O6. The summed E-state index contributed by atoms with van der Waals surface area (Å²) in [5.74, 6) is 0.375. The van der Waals surface area contributed by atoms with Gasteiger partial charge in [0, 0.05) is 11.6 Å². The van der Waals surface area contributed by atoms with Crippen LogP contribution in [-0.4, -0.2) is 26.3 Å². The Balaban J connectivity index is -0.000000661. The van der Waals surface area contributed by atoms with Gasteiger partial charge in [0.1, 0.15) is 5.75 Å². The van der Waals surface area contributed by atoms with E-state index >= 15 is 0 Å². The first-order chi connectivity index (χ1) is 10.1. The van der Waals surface area contributed by atoms with Gasteiger partial charge < -0.3 is 24.5 Å². The number of carbonyl (C=O) groups excluding carboxylic acids is 2. The zero-order chi connectivity index (χ0) is 17.3. The molecule has 0 heterocycles. The molecule has 1 aromatic carbocycles. The summed E-state index contributed by atoms with van der Waals surface area (Å²) in [6.07, 6.45) is 0.742. The van der Waals surface area contributed by atoms with Crippen molar-refractivity contribution in [3.63, 3.8) is 0 Å². The number of hydrogen-bond donors (Lipinski definition) is 0. The molecule has 0 N–H and O–H groups in total. The minimum absolute atomic E-state index is 0. The molecule has 0 unspecified atom stereocenters. The van der Waals surface area contributed by atoms with Crippen LogP contribution in [0.2, 0.25) is 0 Å². The molecule has 1 aromatic rings. The van der Waals surface area contributed by atoms with Gasteiger partial charge in [-0.3, -0.25) is 0 Å². The third-order valence-corrected chi connectivity index (χ3v) is 2.70. The van der Waals surface area contributed by atoms with Gasteiger partial charge in [-0.1, -0.05) is 32.9 Å². The fourth-order valence-electron chi connectivity index (χ4n) is 1.54. The normalized spacial score (nSPS) is 9.71. The van der Waals surface area contributed by atoms with Crippen LogP contribution in [0.5, 0.6) is 5.75 Å². The molecule has 0 saturated heterocycles. The maximum atomic E-state index is 11.1. The van der Waals surface area contributed by atoms with Gasteiger partial charge in [-0.25, -0.2) is 4.79 Å². The van der Waals surface area contributed by atoms with Gasteiger partial charge in [0.25, 0.3) is 0 Å². The fraction of sp³-hybridized carbons (Fsp3) is 0.375. The van der Waals surface area contributed by atoms with Crippen molar-refractivity contribution in [2.75, 3.05) is 14.2 Å². The molecule has 0 amide bonds. The number of hydrogen-bond acceptors (Lipinski definition) is 6. The second-order valence-electron chi connectivity index (χ2n) is 5.31. The van der Waals surface area contributed by atoms with E-state index in [1.54, 1.807) is 13.2 Å². The topological polar surface area (TPSA) is 98.7 Å². The molecule has 8 heteroatoms. The summed E-state index contributed by atoms with van der Waals surface area (Å²) in [7, 11) is 2.98. The Kier molecular flexibility index (Phi) is 18.3. The molecule has 0 aliphatic carbocycles. The van der Waals surface area contributed by atoms with E-state index in [1.807, 2.05) is 18.2 Å². The summed E-state index contributed by atoms with van der Waals surface area (Å²) < 4.78 is 9.90. The van der Waals surface area contributed by atoms with E-state index in [9.17, 15) is 4.79 Å². The van der Waals surface area contributed by atoms with Crippen molar-refractivity contribution in [1.82, 2.24) is 0 Å². The van der Waals surface area contributed by atoms with Gasteiger partial charge in [-0.05, 0) is 29.3 Å². The zero-order valence-corrected chi connectivity index (χ0v) is 21.6. The molecule has 1 rings (SSSR count). The number of ether oxygens (including phenoxy) is 2. The molecule has 122 valence electrons. The molecule has 6 nitrogen and oxygen atoms in total. The van der Waals surface area contributed by atoms with Crippen LogP contribution in [0.3, 0.4) is 0 Å². The van der Waals surface area contributed by atoms with E-state index in [0.29, 0.717) is 0 Å². The molecule has 0 aliphatic heterocycles. The van der Waals surface area contributed by atoms with Crippen molar-refractivity contribution in [3.8, 4) is 5.75 Å². The predicted octanol–water partition coefficient (Wildman–Crippen LogP) is -5.26. The first kappa shape index (κ1) is 29.5. The summed E-state index contributed by atoms with van der Waals surface area (Å²) >= 11 is 0. The van der Waals surface area contributed by atoms with Gasteiger partial charge in [0.05, 0.1) is 14.2 Å². The Morgan fingerprint density at radius 2 is 1.58 bits per heavy atom. The molecule has 0 fully saturated rings. The van der Waals surface area contributed by atoms with Crippen molar-refractivity contribution in [3.05, 3.63) is 35.4 Å². The van der Waals surface area contributed by atoms with Crippen molar-refractivity contribution in [2.45, 2.75) is 26.2 Å². The third kappa shape index (κ3) is 13.0. The van der Waals surface area contributed by atoms with Gasteiger partial charge in [-0.2, -0.15) is 0 Å². The van der Waals surface area contributed by atoms with E-state index in [-0.39, 0.29) is 114 Å². The average Bonchev–Trinajstić information content (AvgIpc) is 2.42. The van der Waals surface area contributed by atoms with Crippen LogP contribution in [0.1, 0.15) is 31.9 Å². The molecule has 0 radical (unpaired) electrons. The molecule has 0 atom stereocenters. The van der Waals surface area contributed by atoms with E-state index in [1.165, 1.54) is 18.7 Å². The number of carbonyl (C=O) groups is 2. The van der Waals surface area contributed by atoms with Crippen molar-refractivity contribution in [2.24, 2.45) is 0 Å². The largest absolute Gasteiger partial charge is 1.00 e. The number of rotatable bonds is 3. The molecule has 0 aliphatic rings. The van der Waals surface area contributed by atoms with Crippen LogP contribution in [0.4, 0.5) is 4.79 Å². The van der Waals surface area contributed by atoms with Gasteiger partial charge in [0.2, 0.25) is 0 Å². The summed E-state index contributed by atoms with van der Waals surface area (Å²) in [6, 6.07) is 5.98. The maximum absolute atomic E-state index is 11.1. The zero-order valence-electron chi connectivity index (χ0n) is 15.3. The summed E-state index contributed by atoms with van der Waals surface area (Å²) in [4.78, 5) is 19.4. The summed E-state index contributed by atoms with van der Waals surface area (Å²) in [5.41, 5.74) is 2.11. The van der Waals surface area contributed by atoms with Crippen LogP contribution >= 0.6 is 0 Å². The minimum Gasteiger partial charge on any atom is -0.652 e. The van der Waals surface area contributed by atoms with Crippen LogP contribution < -0.4 is 118 Å². The van der Waals surface area contributed by atoms with Gasteiger partial charge >= 0.3 is 109 Å². The third-order valence-electron chi connectivity index (χ3n) is 2.70. The van der Waals surface area contributed by atoms with E-state index in [0.717, 1.165) is 11.3 Å². The second-order valence-corrected chi connectivity index (χ2v) is 5.31. The smallest absolute Gasteiger partial charge is 0.652 e. The summed E-state index contributed by atoms with van der Waals surface area (Å²) in [6.45, 7) is 6.43. The first-order valence-corrected chi connectivity index (χ1v) is 6.44. The molecule has 0 aromatic heterocycles. The minimum atomic E-state index is -2.33. The Morgan fingerprint density at radius 1 is 1.08 bits per heavy atom. The average molecular weight is 387 g/mol.